The van der Waals surface area contributed by atoms with Crippen LogP contribution in [0.25, 0.3) is 0 Å². The molecule has 0 aromatic heterocycles. The number of alkyl halides is 12. The van der Waals surface area contributed by atoms with Crippen LogP contribution in [-0.4, -0.2) is 67.3 Å². The van der Waals surface area contributed by atoms with E-state index < -0.39 is 79.4 Å². The number of rotatable bonds is 8. The molecular formula is C10H12F12O4Si2. The quantitative estimate of drug-likeness (QED) is 0.384. The summed E-state index contributed by atoms with van der Waals surface area (Å²) in [5.41, 5.74) is 0. The zero-order chi connectivity index (χ0) is 22.1. The van der Waals surface area contributed by atoms with E-state index in [1.54, 1.807) is 0 Å². The third-order valence-corrected chi connectivity index (χ3v) is 15.9. The van der Waals surface area contributed by atoms with Gasteiger partial charge < -0.3 is 17.7 Å². The number of halogens is 12. The maximum Gasteiger partial charge on any atom is 0.410 e. The van der Waals surface area contributed by atoms with Crippen LogP contribution in [0.4, 0.5) is 52.7 Å². The first kappa shape index (κ1) is 25.5. The van der Waals surface area contributed by atoms with Crippen molar-refractivity contribution in [3.63, 3.8) is 0 Å². The molecule has 0 amide bonds. The van der Waals surface area contributed by atoms with Gasteiger partial charge in [-0.25, -0.2) is 0 Å². The summed E-state index contributed by atoms with van der Waals surface area (Å²) in [4.78, 5) is 0. The Morgan fingerprint density at radius 2 is 0.607 bits per heavy atom. The highest BCUT2D eigenvalue weighted by Gasteiger charge is 2.75. The third-order valence-electron chi connectivity index (χ3n) is 3.24. The molecule has 1 aliphatic rings. The van der Waals surface area contributed by atoms with Crippen LogP contribution in [0.5, 0.6) is 0 Å². The summed E-state index contributed by atoms with van der Waals surface area (Å²) in [6.45, 7) is -8.96. The van der Waals surface area contributed by atoms with Crippen LogP contribution in [0, 0.1) is 0 Å². The van der Waals surface area contributed by atoms with Gasteiger partial charge in [-0.2, -0.15) is 52.7 Å². The molecule has 0 radical (unpaired) electrons. The van der Waals surface area contributed by atoms with Gasteiger partial charge in [-0.15, -0.1) is 0 Å². The fraction of sp³-hybridized carbons (Fsp3) is 1.00. The zero-order valence-corrected chi connectivity index (χ0v) is 15.4. The fourth-order valence-electron chi connectivity index (χ4n) is 2.14. The average molecular weight is 480 g/mol. The molecule has 28 heavy (non-hydrogen) atoms. The van der Waals surface area contributed by atoms with Crippen LogP contribution in [0.15, 0.2) is 0 Å². The standard InChI is InChI=1S/C10H12F12O4Si2/c11-7(12,13)3-23-27(24-4-8(14,15)16)1-2-28(27,25-5-9(17,18)19)26-6-10(20,21)22/h1-6H2. The van der Waals surface area contributed by atoms with E-state index in [1.165, 1.54) is 0 Å². The second kappa shape index (κ2) is 8.28. The summed E-state index contributed by atoms with van der Waals surface area (Å²) < 4.78 is 166. The summed E-state index contributed by atoms with van der Waals surface area (Å²) in [7, 11) is -9.97. The van der Waals surface area contributed by atoms with Gasteiger partial charge in [0.25, 0.3) is 0 Å². The molecule has 1 rings (SSSR count). The van der Waals surface area contributed by atoms with Crippen molar-refractivity contribution in [3.8, 4) is 0 Å². The first-order valence-electron chi connectivity index (χ1n) is 7.11. The van der Waals surface area contributed by atoms with Gasteiger partial charge in [-0.05, 0) is 12.1 Å². The molecule has 1 aliphatic heterocycles. The first-order valence-corrected chi connectivity index (χ1v) is 12.2. The van der Waals surface area contributed by atoms with Crippen molar-refractivity contribution in [1.29, 1.82) is 0 Å². The van der Waals surface area contributed by atoms with E-state index in [2.05, 4.69) is 17.7 Å². The van der Waals surface area contributed by atoms with Crippen molar-refractivity contribution in [1.82, 2.24) is 0 Å². The maximum atomic E-state index is 12.4. The molecule has 0 aliphatic carbocycles. The summed E-state index contributed by atoms with van der Waals surface area (Å²) in [6.07, 6.45) is -20.5. The molecule has 0 saturated carbocycles. The highest BCUT2D eigenvalue weighted by Crippen LogP contribution is 2.46. The third kappa shape index (κ3) is 8.05. The Hall–Kier alpha value is -0.566. The summed E-state index contributed by atoms with van der Waals surface area (Å²) >= 11 is 0. The second-order valence-corrected chi connectivity index (χ2v) is 15.4. The lowest BCUT2D eigenvalue weighted by molar-refractivity contribution is -0.181. The minimum absolute atomic E-state index is 0.749. The van der Waals surface area contributed by atoms with E-state index in [9.17, 15) is 52.7 Å². The van der Waals surface area contributed by atoms with Crippen LogP contribution < -0.4 is 0 Å². The van der Waals surface area contributed by atoms with Crippen LogP contribution in [0.1, 0.15) is 0 Å². The molecule has 0 bridgehead atoms. The maximum absolute atomic E-state index is 12.4. The molecule has 0 N–H and O–H groups in total. The van der Waals surface area contributed by atoms with Gasteiger partial charge in [-0.1, -0.05) is 0 Å². The van der Waals surface area contributed by atoms with Gasteiger partial charge in [-0.3, -0.25) is 0 Å². The van der Waals surface area contributed by atoms with Crippen LogP contribution in [0.2, 0.25) is 12.1 Å². The zero-order valence-electron chi connectivity index (χ0n) is 13.4. The second-order valence-electron chi connectivity index (χ2n) is 5.62. The lowest BCUT2D eigenvalue weighted by atomic mass is 10.7. The molecule has 1 saturated heterocycles. The van der Waals surface area contributed by atoms with E-state index in [1.807, 2.05) is 0 Å². The predicted molar refractivity (Wildman–Crippen MR) is 69.2 cm³/mol. The molecular weight excluding hydrogens is 468 g/mol. The van der Waals surface area contributed by atoms with Gasteiger partial charge in [0, 0.05) is 0 Å². The highest BCUT2D eigenvalue weighted by molar-refractivity contribution is 7.36. The molecule has 0 aromatic carbocycles. The van der Waals surface area contributed by atoms with Crippen molar-refractivity contribution in [2.45, 2.75) is 36.8 Å². The molecule has 1 fully saturated rings. The van der Waals surface area contributed by atoms with E-state index in [4.69, 9.17) is 0 Å². The van der Waals surface area contributed by atoms with E-state index in [0.29, 0.717) is 0 Å². The van der Waals surface area contributed by atoms with Crippen molar-refractivity contribution >= 4 is 16.2 Å². The largest absolute Gasteiger partial charge is 0.410 e. The summed E-state index contributed by atoms with van der Waals surface area (Å²) in [5, 5.41) is 0. The molecule has 18 heteroatoms. The SMILES string of the molecule is FC(F)(F)CO[Si]1(OCC(F)(F)F)CC[Si]1(OCC(F)(F)F)OCC(F)(F)F. The summed E-state index contributed by atoms with van der Waals surface area (Å²) in [6, 6.07) is -1.50. The molecule has 0 unspecified atom stereocenters. The Morgan fingerprint density at radius 3 is 0.714 bits per heavy atom. The molecule has 1 heterocycles. The van der Waals surface area contributed by atoms with E-state index in [-0.39, 0.29) is 0 Å². The Morgan fingerprint density at radius 1 is 0.429 bits per heavy atom. The normalized spacial score (nSPS) is 20.1. The molecule has 4 nitrogen and oxygen atoms in total. The lowest BCUT2D eigenvalue weighted by Crippen LogP contribution is -2.78. The van der Waals surface area contributed by atoms with Gasteiger partial charge in [0.15, 0.2) is 0 Å². The van der Waals surface area contributed by atoms with Crippen LogP contribution in [0.3, 0.4) is 0 Å². The van der Waals surface area contributed by atoms with Gasteiger partial charge in [0.05, 0.1) is 0 Å². The Balaban J connectivity index is 3.16. The van der Waals surface area contributed by atoms with Gasteiger partial charge >= 0.3 is 40.9 Å². The Bertz CT molecular complexity index is 432. The van der Waals surface area contributed by atoms with Crippen LogP contribution in [-0.2, 0) is 17.7 Å². The van der Waals surface area contributed by atoms with Crippen molar-refractivity contribution in [2.24, 2.45) is 0 Å². The topological polar surface area (TPSA) is 36.9 Å². The smallest absolute Gasteiger partial charge is 0.384 e. The van der Waals surface area contributed by atoms with Crippen molar-refractivity contribution in [3.05, 3.63) is 0 Å². The first-order chi connectivity index (χ1) is 12.3. The Kier molecular flexibility index (Phi) is 7.54. The molecule has 0 spiro atoms. The molecule has 0 aromatic rings. The minimum Gasteiger partial charge on any atom is -0.384 e. The lowest BCUT2D eigenvalue weighted by Gasteiger charge is -2.51. The molecule has 168 valence electrons. The Labute approximate surface area is 151 Å². The monoisotopic (exact) mass is 480 g/mol. The summed E-state index contributed by atoms with van der Waals surface area (Å²) in [5.74, 6) is 0. The number of hydrogen-bond acceptors (Lipinski definition) is 4. The highest BCUT2D eigenvalue weighted by atomic mass is 29.3. The fourth-order valence-corrected chi connectivity index (χ4v) is 13.1. The van der Waals surface area contributed by atoms with Crippen molar-refractivity contribution in [2.75, 3.05) is 26.4 Å². The average Bonchev–Trinajstić information content (AvgIpc) is 2.42. The van der Waals surface area contributed by atoms with Crippen LogP contribution >= 0.6 is 0 Å². The van der Waals surface area contributed by atoms with E-state index >= 15 is 0 Å². The minimum atomic E-state index is -5.13. The van der Waals surface area contributed by atoms with E-state index in [0.717, 1.165) is 0 Å². The molecule has 0 atom stereocenters. The van der Waals surface area contributed by atoms with Gasteiger partial charge in [0.2, 0.25) is 0 Å². The van der Waals surface area contributed by atoms with Gasteiger partial charge in [0.1, 0.15) is 26.4 Å². The number of hydrogen-bond donors (Lipinski definition) is 0. The van der Waals surface area contributed by atoms with Crippen molar-refractivity contribution < 1.29 is 70.4 Å². The predicted octanol–water partition coefficient (Wildman–Crippen LogP) is 4.28.